The number of rotatable bonds is 11. The molecular formula is C15H25NO3. The summed E-state index contributed by atoms with van der Waals surface area (Å²) in [6.07, 6.45) is 1.03. The first kappa shape index (κ1) is 16.0. The molecule has 1 aromatic rings. The molecule has 0 unspecified atom stereocenters. The van der Waals surface area contributed by atoms with Crippen LogP contribution in [0.1, 0.15) is 12.0 Å². The molecule has 0 radical (unpaired) electrons. The van der Waals surface area contributed by atoms with Gasteiger partial charge in [0.15, 0.2) is 0 Å². The smallest absolute Gasteiger partial charge is 0.119 e. The predicted molar refractivity (Wildman–Crippen MR) is 76.9 cm³/mol. The molecular weight excluding hydrogens is 242 g/mol. The minimum Gasteiger partial charge on any atom is -0.491 e. The van der Waals surface area contributed by atoms with Gasteiger partial charge in [-0.05, 0) is 37.6 Å². The normalized spacial score (nSPS) is 10.6. The zero-order valence-corrected chi connectivity index (χ0v) is 12.0. The summed E-state index contributed by atoms with van der Waals surface area (Å²) >= 11 is 0. The highest BCUT2D eigenvalue weighted by Gasteiger charge is 1.94. The lowest BCUT2D eigenvalue weighted by atomic mass is 10.2. The van der Waals surface area contributed by atoms with Crippen molar-refractivity contribution in [2.75, 3.05) is 46.6 Å². The molecule has 108 valence electrons. The molecule has 0 saturated carbocycles. The summed E-state index contributed by atoms with van der Waals surface area (Å²) in [4.78, 5) is 0. The molecule has 4 nitrogen and oxygen atoms in total. The van der Waals surface area contributed by atoms with E-state index in [-0.39, 0.29) is 0 Å². The Morgan fingerprint density at radius 1 is 1.05 bits per heavy atom. The Labute approximate surface area is 116 Å². The van der Waals surface area contributed by atoms with Gasteiger partial charge in [-0.15, -0.1) is 0 Å². The summed E-state index contributed by atoms with van der Waals surface area (Å²) in [5.74, 6) is 0.904. The second-order valence-corrected chi connectivity index (χ2v) is 4.37. The number of methoxy groups -OCH3 is 1. The minimum absolute atomic E-state index is 0.590. The Kier molecular flexibility index (Phi) is 9.06. The van der Waals surface area contributed by atoms with Crippen LogP contribution in [-0.4, -0.2) is 46.6 Å². The largest absolute Gasteiger partial charge is 0.491 e. The number of hydrogen-bond donors (Lipinski definition) is 1. The fourth-order valence-electron chi connectivity index (χ4n) is 1.64. The third-order valence-corrected chi connectivity index (χ3v) is 2.61. The van der Waals surface area contributed by atoms with Crippen molar-refractivity contribution in [2.45, 2.75) is 13.3 Å². The van der Waals surface area contributed by atoms with Crippen molar-refractivity contribution >= 4 is 0 Å². The number of hydrogen-bond acceptors (Lipinski definition) is 4. The Morgan fingerprint density at radius 3 is 2.74 bits per heavy atom. The van der Waals surface area contributed by atoms with Gasteiger partial charge in [-0.1, -0.05) is 12.1 Å². The summed E-state index contributed by atoms with van der Waals surface area (Å²) < 4.78 is 16.0. The van der Waals surface area contributed by atoms with E-state index in [1.807, 2.05) is 18.2 Å². The monoisotopic (exact) mass is 267 g/mol. The third-order valence-electron chi connectivity index (χ3n) is 2.61. The van der Waals surface area contributed by atoms with E-state index in [2.05, 4.69) is 18.3 Å². The molecule has 0 amide bonds. The second kappa shape index (κ2) is 10.8. The van der Waals surface area contributed by atoms with E-state index in [0.29, 0.717) is 19.8 Å². The quantitative estimate of drug-likeness (QED) is 0.623. The van der Waals surface area contributed by atoms with Crippen molar-refractivity contribution in [3.63, 3.8) is 0 Å². The highest BCUT2D eigenvalue weighted by Crippen LogP contribution is 2.11. The van der Waals surface area contributed by atoms with E-state index >= 15 is 0 Å². The van der Waals surface area contributed by atoms with Crippen LogP contribution in [0.5, 0.6) is 5.75 Å². The summed E-state index contributed by atoms with van der Waals surface area (Å²) in [7, 11) is 1.72. The van der Waals surface area contributed by atoms with Gasteiger partial charge in [-0.2, -0.15) is 0 Å². The van der Waals surface area contributed by atoms with E-state index in [1.165, 1.54) is 5.56 Å². The molecule has 0 aliphatic heterocycles. The van der Waals surface area contributed by atoms with Crippen LogP contribution in [0.2, 0.25) is 0 Å². The first-order chi connectivity index (χ1) is 9.33. The van der Waals surface area contributed by atoms with Gasteiger partial charge in [-0.25, -0.2) is 0 Å². The SMILES string of the molecule is COCCCNCCOCCOc1cccc(C)c1. The molecule has 0 fully saturated rings. The molecule has 0 saturated heterocycles. The van der Waals surface area contributed by atoms with Crippen LogP contribution < -0.4 is 10.1 Å². The van der Waals surface area contributed by atoms with Crippen molar-refractivity contribution in [2.24, 2.45) is 0 Å². The van der Waals surface area contributed by atoms with E-state index in [1.54, 1.807) is 7.11 Å². The average molecular weight is 267 g/mol. The van der Waals surface area contributed by atoms with Crippen LogP contribution >= 0.6 is 0 Å². The lowest BCUT2D eigenvalue weighted by molar-refractivity contribution is 0.101. The molecule has 0 heterocycles. The van der Waals surface area contributed by atoms with Gasteiger partial charge in [-0.3, -0.25) is 0 Å². The molecule has 0 atom stereocenters. The lowest BCUT2D eigenvalue weighted by Gasteiger charge is -2.08. The molecule has 0 aromatic heterocycles. The van der Waals surface area contributed by atoms with Gasteiger partial charge in [0, 0.05) is 20.3 Å². The van der Waals surface area contributed by atoms with E-state index in [0.717, 1.165) is 31.9 Å². The Hall–Kier alpha value is -1.10. The molecule has 0 aliphatic rings. The fourth-order valence-corrected chi connectivity index (χ4v) is 1.64. The van der Waals surface area contributed by atoms with Gasteiger partial charge >= 0.3 is 0 Å². The zero-order chi connectivity index (χ0) is 13.8. The minimum atomic E-state index is 0.590. The predicted octanol–water partition coefficient (Wildman–Crippen LogP) is 2.02. The molecule has 1 aromatic carbocycles. The lowest BCUT2D eigenvalue weighted by Crippen LogP contribution is -2.22. The van der Waals surface area contributed by atoms with Gasteiger partial charge in [0.05, 0.1) is 13.2 Å². The van der Waals surface area contributed by atoms with Crippen LogP contribution in [0, 0.1) is 6.92 Å². The second-order valence-electron chi connectivity index (χ2n) is 4.37. The van der Waals surface area contributed by atoms with Crippen LogP contribution in [0.4, 0.5) is 0 Å². The standard InChI is InChI=1S/C15H25NO3/c1-14-5-3-6-15(13-14)19-12-11-18-10-8-16-7-4-9-17-2/h3,5-6,13,16H,4,7-12H2,1-2H3. The van der Waals surface area contributed by atoms with Crippen molar-refractivity contribution in [3.8, 4) is 5.75 Å². The third kappa shape index (κ3) is 8.59. The summed E-state index contributed by atoms with van der Waals surface area (Å²) in [6.45, 7) is 6.62. The van der Waals surface area contributed by atoms with E-state index < -0.39 is 0 Å². The molecule has 0 bridgehead atoms. The highest BCUT2D eigenvalue weighted by molar-refractivity contribution is 5.27. The van der Waals surface area contributed by atoms with Gasteiger partial charge in [0.2, 0.25) is 0 Å². The number of aryl methyl sites for hydroxylation is 1. The maximum Gasteiger partial charge on any atom is 0.119 e. The molecule has 19 heavy (non-hydrogen) atoms. The van der Waals surface area contributed by atoms with Crippen molar-refractivity contribution in [1.82, 2.24) is 5.32 Å². The maximum atomic E-state index is 5.58. The molecule has 1 N–H and O–H groups in total. The van der Waals surface area contributed by atoms with Gasteiger partial charge < -0.3 is 19.5 Å². The van der Waals surface area contributed by atoms with Crippen LogP contribution in [0.25, 0.3) is 0 Å². The van der Waals surface area contributed by atoms with Crippen molar-refractivity contribution in [1.29, 1.82) is 0 Å². The van der Waals surface area contributed by atoms with Crippen LogP contribution in [0.3, 0.4) is 0 Å². The Bertz CT molecular complexity index is 331. The average Bonchev–Trinajstić information content (AvgIpc) is 2.41. The Morgan fingerprint density at radius 2 is 1.95 bits per heavy atom. The summed E-state index contributed by atoms with van der Waals surface area (Å²) in [6, 6.07) is 8.04. The van der Waals surface area contributed by atoms with Gasteiger partial charge in [0.1, 0.15) is 12.4 Å². The number of nitrogens with one attached hydrogen (secondary N) is 1. The fraction of sp³-hybridized carbons (Fsp3) is 0.600. The first-order valence-corrected chi connectivity index (χ1v) is 6.80. The highest BCUT2D eigenvalue weighted by atomic mass is 16.5. The number of ether oxygens (including phenoxy) is 3. The molecule has 4 heteroatoms. The molecule has 0 spiro atoms. The van der Waals surface area contributed by atoms with Crippen LogP contribution in [-0.2, 0) is 9.47 Å². The summed E-state index contributed by atoms with van der Waals surface area (Å²) in [5, 5.41) is 3.29. The summed E-state index contributed by atoms with van der Waals surface area (Å²) in [5.41, 5.74) is 1.21. The molecule has 0 aliphatic carbocycles. The topological polar surface area (TPSA) is 39.7 Å². The maximum absolute atomic E-state index is 5.58. The van der Waals surface area contributed by atoms with Crippen molar-refractivity contribution in [3.05, 3.63) is 29.8 Å². The number of benzene rings is 1. The Balaban J connectivity index is 1.89. The first-order valence-electron chi connectivity index (χ1n) is 6.80. The van der Waals surface area contributed by atoms with E-state index in [9.17, 15) is 0 Å². The van der Waals surface area contributed by atoms with Gasteiger partial charge in [0.25, 0.3) is 0 Å². The van der Waals surface area contributed by atoms with Crippen LogP contribution in [0.15, 0.2) is 24.3 Å². The van der Waals surface area contributed by atoms with E-state index in [4.69, 9.17) is 14.2 Å². The zero-order valence-electron chi connectivity index (χ0n) is 12.0. The molecule has 1 rings (SSSR count). The van der Waals surface area contributed by atoms with Crippen molar-refractivity contribution < 1.29 is 14.2 Å².